The summed E-state index contributed by atoms with van der Waals surface area (Å²) >= 11 is 0. The second kappa shape index (κ2) is 7.12. The summed E-state index contributed by atoms with van der Waals surface area (Å²) in [4.78, 5) is 2.50. The minimum absolute atomic E-state index is 0.893. The van der Waals surface area contributed by atoms with Crippen molar-refractivity contribution >= 4 is 0 Å². The molecule has 0 amide bonds. The van der Waals surface area contributed by atoms with Crippen molar-refractivity contribution in [2.45, 2.75) is 26.7 Å². The Morgan fingerprint density at radius 2 is 1.55 bits per heavy atom. The van der Waals surface area contributed by atoms with Crippen LogP contribution in [0.15, 0.2) is 36.4 Å². The third-order valence-corrected chi connectivity index (χ3v) is 4.51. The van der Waals surface area contributed by atoms with E-state index in [2.05, 4.69) is 59.7 Å². The largest absolute Gasteiger partial charge is 0.379 e. The molecule has 0 bridgehead atoms. The zero-order valence-electron chi connectivity index (χ0n) is 13.7. The monoisotopic (exact) mass is 298 g/mol. The minimum Gasteiger partial charge on any atom is -0.379 e. The van der Waals surface area contributed by atoms with Gasteiger partial charge in [0, 0.05) is 30.2 Å². The smallest absolute Gasteiger partial charge is 0.0594 e. The zero-order chi connectivity index (χ0) is 15.4. The van der Waals surface area contributed by atoms with Crippen LogP contribution < -0.4 is 0 Å². The molecule has 2 aromatic rings. The van der Waals surface area contributed by atoms with Crippen molar-refractivity contribution in [3.05, 3.63) is 53.3 Å². The molecular weight excluding hydrogens is 272 g/mol. The highest BCUT2D eigenvalue weighted by Crippen LogP contribution is 2.17. The van der Waals surface area contributed by atoms with Crippen molar-refractivity contribution < 1.29 is 4.74 Å². The number of hydrogen-bond acceptors (Lipinski definition) is 2. The Labute approximate surface area is 133 Å². The molecule has 2 heterocycles. The quantitative estimate of drug-likeness (QED) is 0.842. The van der Waals surface area contributed by atoms with Gasteiger partial charge in [-0.3, -0.25) is 4.90 Å². The second-order valence-corrected chi connectivity index (χ2v) is 6.18. The average Bonchev–Trinajstić information content (AvgIpc) is 2.88. The predicted octanol–water partition coefficient (Wildman–Crippen LogP) is 3.36. The number of aromatic nitrogens is 1. The molecule has 0 atom stereocenters. The molecule has 1 fully saturated rings. The molecule has 118 valence electrons. The van der Waals surface area contributed by atoms with Crippen molar-refractivity contribution in [1.29, 1.82) is 0 Å². The molecule has 0 N–H and O–H groups in total. The maximum atomic E-state index is 5.39. The van der Waals surface area contributed by atoms with Gasteiger partial charge in [-0.05, 0) is 63.1 Å². The average molecular weight is 298 g/mol. The Morgan fingerprint density at radius 1 is 0.909 bits per heavy atom. The van der Waals surface area contributed by atoms with Crippen molar-refractivity contribution in [2.24, 2.45) is 0 Å². The normalized spacial score (nSPS) is 16.1. The van der Waals surface area contributed by atoms with E-state index in [-0.39, 0.29) is 0 Å². The van der Waals surface area contributed by atoms with Gasteiger partial charge in [0.1, 0.15) is 0 Å². The van der Waals surface area contributed by atoms with Gasteiger partial charge in [0.25, 0.3) is 0 Å². The SMILES string of the molecule is Cc1ccc(C)n1-c1ccc(CCCN2CCOCC2)cc1. The molecule has 3 rings (SSSR count). The fourth-order valence-electron chi connectivity index (χ4n) is 3.22. The summed E-state index contributed by atoms with van der Waals surface area (Å²) in [6.07, 6.45) is 2.38. The molecular formula is C19H26N2O. The number of ether oxygens (including phenoxy) is 1. The first-order chi connectivity index (χ1) is 10.7. The van der Waals surface area contributed by atoms with Gasteiger partial charge in [-0.15, -0.1) is 0 Å². The molecule has 0 unspecified atom stereocenters. The number of aryl methyl sites for hydroxylation is 3. The maximum absolute atomic E-state index is 5.39. The fourth-order valence-corrected chi connectivity index (χ4v) is 3.22. The summed E-state index contributed by atoms with van der Waals surface area (Å²) in [5.74, 6) is 0. The molecule has 0 saturated carbocycles. The van der Waals surface area contributed by atoms with Gasteiger partial charge < -0.3 is 9.30 Å². The third-order valence-electron chi connectivity index (χ3n) is 4.51. The van der Waals surface area contributed by atoms with Crippen LogP contribution >= 0.6 is 0 Å². The Balaban J connectivity index is 1.55. The Morgan fingerprint density at radius 3 is 2.18 bits per heavy atom. The van der Waals surface area contributed by atoms with E-state index in [1.54, 1.807) is 0 Å². The van der Waals surface area contributed by atoms with Crippen LogP contribution in [0.2, 0.25) is 0 Å². The highest BCUT2D eigenvalue weighted by Gasteiger charge is 2.09. The molecule has 1 aromatic carbocycles. The molecule has 0 spiro atoms. The van der Waals surface area contributed by atoms with Gasteiger partial charge in [-0.25, -0.2) is 0 Å². The lowest BCUT2D eigenvalue weighted by Gasteiger charge is -2.26. The number of hydrogen-bond donors (Lipinski definition) is 0. The van der Waals surface area contributed by atoms with Gasteiger partial charge in [-0.2, -0.15) is 0 Å². The van der Waals surface area contributed by atoms with E-state index in [4.69, 9.17) is 4.74 Å². The van der Waals surface area contributed by atoms with Gasteiger partial charge >= 0.3 is 0 Å². The van der Waals surface area contributed by atoms with Crippen molar-refractivity contribution in [3.63, 3.8) is 0 Å². The zero-order valence-corrected chi connectivity index (χ0v) is 13.7. The summed E-state index contributed by atoms with van der Waals surface area (Å²) in [7, 11) is 0. The van der Waals surface area contributed by atoms with E-state index in [1.165, 1.54) is 35.6 Å². The van der Waals surface area contributed by atoms with E-state index in [1.807, 2.05) is 0 Å². The van der Waals surface area contributed by atoms with E-state index in [0.29, 0.717) is 0 Å². The van der Waals surface area contributed by atoms with E-state index >= 15 is 0 Å². The lowest BCUT2D eigenvalue weighted by molar-refractivity contribution is 0.0375. The van der Waals surface area contributed by atoms with Gasteiger partial charge in [0.15, 0.2) is 0 Å². The van der Waals surface area contributed by atoms with E-state index in [9.17, 15) is 0 Å². The summed E-state index contributed by atoms with van der Waals surface area (Å²) in [5, 5.41) is 0. The molecule has 1 saturated heterocycles. The lowest BCUT2D eigenvalue weighted by atomic mass is 10.1. The van der Waals surface area contributed by atoms with Crippen LogP contribution in [-0.2, 0) is 11.2 Å². The van der Waals surface area contributed by atoms with Crippen LogP contribution in [0.1, 0.15) is 23.4 Å². The summed E-state index contributed by atoms with van der Waals surface area (Å²) in [5.41, 5.74) is 5.27. The number of morpholine rings is 1. The second-order valence-electron chi connectivity index (χ2n) is 6.18. The molecule has 22 heavy (non-hydrogen) atoms. The van der Waals surface area contributed by atoms with Crippen molar-refractivity contribution in [2.75, 3.05) is 32.8 Å². The van der Waals surface area contributed by atoms with E-state index < -0.39 is 0 Å². The summed E-state index contributed by atoms with van der Waals surface area (Å²) in [6, 6.07) is 13.4. The number of rotatable bonds is 5. The first kappa shape index (κ1) is 15.3. The topological polar surface area (TPSA) is 17.4 Å². The predicted molar refractivity (Wildman–Crippen MR) is 90.8 cm³/mol. The lowest BCUT2D eigenvalue weighted by Crippen LogP contribution is -2.36. The molecule has 1 aromatic heterocycles. The highest BCUT2D eigenvalue weighted by atomic mass is 16.5. The van der Waals surface area contributed by atoms with Crippen LogP contribution in [0, 0.1) is 13.8 Å². The maximum Gasteiger partial charge on any atom is 0.0594 e. The molecule has 0 aliphatic carbocycles. The molecule has 1 aliphatic heterocycles. The molecule has 1 aliphatic rings. The van der Waals surface area contributed by atoms with Crippen LogP contribution in [0.3, 0.4) is 0 Å². The molecule has 0 radical (unpaired) electrons. The number of benzene rings is 1. The van der Waals surface area contributed by atoms with E-state index in [0.717, 1.165) is 32.7 Å². The van der Waals surface area contributed by atoms with Crippen LogP contribution in [0.4, 0.5) is 0 Å². The first-order valence-electron chi connectivity index (χ1n) is 8.28. The van der Waals surface area contributed by atoms with Crippen LogP contribution in [0.25, 0.3) is 5.69 Å². The number of nitrogens with zero attached hydrogens (tertiary/aromatic N) is 2. The summed E-state index contributed by atoms with van der Waals surface area (Å²) < 4.78 is 7.69. The van der Waals surface area contributed by atoms with Crippen molar-refractivity contribution in [3.8, 4) is 5.69 Å². The molecule has 3 heteroatoms. The van der Waals surface area contributed by atoms with Crippen molar-refractivity contribution in [1.82, 2.24) is 9.47 Å². The fraction of sp³-hybridized carbons (Fsp3) is 0.474. The Hall–Kier alpha value is -1.58. The standard InChI is InChI=1S/C19H26N2O/c1-16-5-6-17(2)21(16)19-9-7-18(8-10-19)4-3-11-20-12-14-22-15-13-20/h5-10H,3-4,11-15H2,1-2H3. The van der Waals surface area contributed by atoms with Gasteiger partial charge in [0.2, 0.25) is 0 Å². The Kier molecular flexibility index (Phi) is 4.96. The Bertz CT molecular complexity index is 575. The van der Waals surface area contributed by atoms with Crippen LogP contribution in [-0.4, -0.2) is 42.3 Å². The first-order valence-corrected chi connectivity index (χ1v) is 8.28. The minimum atomic E-state index is 0.893. The van der Waals surface area contributed by atoms with Gasteiger partial charge in [0.05, 0.1) is 13.2 Å². The van der Waals surface area contributed by atoms with Crippen LogP contribution in [0.5, 0.6) is 0 Å². The van der Waals surface area contributed by atoms with Gasteiger partial charge in [-0.1, -0.05) is 12.1 Å². The summed E-state index contributed by atoms with van der Waals surface area (Å²) in [6.45, 7) is 9.46. The highest BCUT2D eigenvalue weighted by molar-refractivity contribution is 5.39. The molecule has 3 nitrogen and oxygen atoms in total. The third kappa shape index (κ3) is 3.60.